The van der Waals surface area contributed by atoms with Gasteiger partial charge < -0.3 is 19.9 Å². The predicted molar refractivity (Wildman–Crippen MR) is 76.8 cm³/mol. The number of aliphatic hydroxyl groups excluding tert-OH is 1. The van der Waals surface area contributed by atoms with E-state index < -0.39 is 17.7 Å². The van der Waals surface area contributed by atoms with E-state index in [0.717, 1.165) is 31.4 Å². The van der Waals surface area contributed by atoms with Gasteiger partial charge in [0.1, 0.15) is 18.5 Å². The van der Waals surface area contributed by atoms with Crippen LogP contribution < -0.4 is 10.1 Å². The summed E-state index contributed by atoms with van der Waals surface area (Å²) in [5.41, 5.74) is 0.0881. The summed E-state index contributed by atoms with van der Waals surface area (Å²) in [4.78, 5) is 0. The van der Waals surface area contributed by atoms with Crippen LogP contribution in [-0.4, -0.2) is 42.6 Å². The number of halogens is 2. The smallest absolute Gasteiger partial charge is 0.162 e. The second-order valence-corrected chi connectivity index (χ2v) is 6.20. The first-order valence-corrected chi connectivity index (χ1v) is 7.70. The van der Waals surface area contributed by atoms with E-state index in [1.807, 2.05) is 0 Å². The van der Waals surface area contributed by atoms with Gasteiger partial charge >= 0.3 is 0 Å². The fourth-order valence-corrected chi connectivity index (χ4v) is 3.02. The molecule has 0 amide bonds. The molecule has 22 heavy (non-hydrogen) atoms. The molecule has 1 aliphatic heterocycles. The Labute approximate surface area is 128 Å². The van der Waals surface area contributed by atoms with Gasteiger partial charge in [0.2, 0.25) is 0 Å². The molecule has 2 atom stereocenters. The fraction of sp³-hybridized carbons (Fsp3) is 0.625. The van der Waals surface area contributed by atoms with Gasteiger partial charge in [0, 0.05) is 18.7 Å². The van der Waals surface area contributed by atoms with Crippen molar-refractivity contribution in [3.63, 3.8) is 0 Å². The Kier molecular flexibility index (Phi) is 4.61. The van der Waals surface area contributed by atoms with Crippen molar-refractivity contribution in [3.05, 3.63) is 29.8 Å². The largest absolute Gasteiger partial charge is 0.491 e. The second kappa shape index (κ2) is 6.48. The van der Waals surface area contributed by atoms with Gasteiger partial charge in [-0.1, -0.05) is 0 Å². The van der Waals surface area contributed by atoms with E-state index in [0.29, 0.717) is 13.2 Å². The zero-order chi connectivity index (χ0) is 15.6. The lowest BCUT2D eigenvalue weighted by Crippen LogP contribution is -2.41. The number of benzene rings is 1. The first-order chi connectivity index (χ1) is 10.6. The van der Waals surface area contributed by atoms with Gasteiger partial charge in [0.05, 0.1) is 12.2 Å². The molecule has 6 heteroatoms. The van der Waals surface area contributed by atoms with Crippen molar-refractivity contribution in [1.82, 2.24) is 5.32 Å². The van der Waals surface area contributed by atoms with Gasteiger partial charge in [-0.15, -0.1) is 0 Å². The molecule has 2 fully saturated rings. The Bertz CT molecular complexity index is 522. The zero-order valence-corrected chi connectivity index (χ0v) is 12.4. The summed E-state index contributed by atoms with van der Waals surface area (Å²) in [5, 5.41) is 13.2. The summed E-state index contributed by atoms with van der Waals surface area (Å²) in [5.74, 6) is -1.67. The second-order valence-electron chi connectivity index (χ2n) is 6.20. The van der Waals surface area contributed by atoms with Crippen LogP contribution in [0.1, 0.15) is 25.7 Å². The van der Waals surface area contributed by atoms with Crippen LogP contribution in [0.3, 0.4) is 0 Å². The molecule has 1 aromatic rings. The lowest BCUT2D eigenvalue weighted by Gasteiger charge is -2.37. The number of hydrogen-bond donors (Lipinski definition) is 2. The van der Waals surface area contributed by atoms with Crippen molar-refractivity contribution in [3.8, 4) is 5.75 Å². The molecule has 4 nitrogen and oxygen atoms in total. The number of aliphatic hydroxyl groups is 1. The third kappa shape index (κ3) is 3.56. The molecule has 0 radical (unpaired) electrons. The van der Waals surface area contributed by atoms with Gasteiger partial charge in [-0.3, -0.25) is 0 Å². The summed E-state index contributed by atoms with van der Waals surface area (Å²) >= 11 is 0. The van der Waals surface area contributed by atoms with Crippen molar-refractivity contribution < 1.29 is 23.4 Å². The summed E-state index contributed by atoms with van der Waals surface area (Å²) in [7, 11) is 0. The molecule has 3 rings (SSSR count). The van der Waals surface area contributed by atoms with Gasteiger partial charge in [-0.05, 0) is 37.8 Å². The summed E-state index contributed by atoms with van der Waals surface area (Å²) < 4.78 is 36.9. The maximum Gasteiger partial charge on any atom is 0.162 e. The normalized spacial score (nSPS) is 24.2. The van der Waals surface area contributed by atoms with Crippen LogP contribution in [0.25, 0.3) is 0 Å². The van der Waals surface area contributed by atoms with Crippen LogP contribution in [0.2, 0.25) is 0 Å². The average Bonchev–Trinajstić information content (AvgIpc) is 2.91. The maximum atomic E-state index is 13.0. The first kappa shape index (κ1) is 15.6. The molecule has 1 aliphatic carbocycles. The average molecular weight is 313 g/mol. The lowest BCUT2D eigenvalue weighted by atomic mass is 9.77. The third-order valence-electron chi connectivity index (χ3n) is 4.45. The van der Waals surface area contributed by atoms with Crippen molar-refractivity contribution in [2.24, 2.45) is 0 Å². The van der Waals surface area contributed by atoms with Gasteiger partial charge in [0.15, 0.2) is 11.6 Å². The Morgan fingerprint density at radius 3 is 2.82 bits per heavy atom. The van der Waals surface area contributed by atoms with Crippen LogP contribution in [0, 0.1) is 11.6 Å². The van der Waals surface area contributed by atoms with E-state index in [1.54, 1.807) is 0 Å². The molecule has 2 N–H and O–H groups in total. The van der Waals surface area contributed by atoms with Crippen molar-refractivity contribution in [2.75, 3.05) is 19.8 Å². The van der Waals surface area contributed by atoms with E-state index in [4.69, 9.17) is 9.47 Å². The van der Waals surface area contributed by atoms with Gasteiger partial charge in [-0.2, -0.15) is 0 Å². The third-order valence-corrected chi connectivity index (χ3v) is 4.45. The molecular formula is C16H21F2NO3. The minimum atomic E-state index is -0.959. The minimum absolute atomic E-state index is 0.0246. The monoisotopic (exact) mass is 313 g/mol. The standard InChI is InChI=1S/C16H21F2NO3/c17-14-3-2-13(6-15(14)18)21-10-12(20)8-19-11-7-16(22-9-11)4-1-5-16/h2-3,6,11-12,19-20H,1,4-5,7-10H2. The van der Waals surface area contributed by atoms with Crippen LogP contribution >= 0.6 is 0 Å². The van der Waals surface area contributed by atoms with Crippen LogP contribution in [0.4, 0.5) is 8.78 Å². The molecule has 1 aromatic carbocycles. The molecular weight excluding hydrogens is 292 g/mol. The Morgan fingerprint density at radius 2 is 2.18 bits per heavy atom. The maximum absolute atomic E-state index is 13.0. The van der Waals surface area contributed by atoms with Crippen molar-refractivity contribution in [2.45, 2.75) is 43.4 Å². The number of nitrogens with one attached hydrogen (secondary N) is 1. The van der Waals surface area contributed by atoms with Crippen molar-refractivity contribution in [1.29, 1.82) is 0 Å². The first-order valence-electron chi connectivity index (χ1n) is 7.70. The number of hydrogen-bond acceptors (Lipinski definition) is 4. The highest BCUT2D eigenvalue weighted by atomic mass is 19.2. The molecule has 1 saturated carbocycles. The molecule has 1 heterocycles. The molecule has 122 valence electrons. The Balaban J connectivity index is 1.37. The van der Waals surface area contributed by atoms with Gasteiger partial charge in [0.25, 0.3) is 0 Å². The molecule has 1 saturated heterocycles. The van der Waals surface area contributed by atoms with E-state index in [-0.39, 0.29) is 24.0 Å². The van der Waals surface area contributed by atoms with Crippen LogP contribution in [0.15, 0.2) is 18.2 Å². The highest BCUT2D eigenvalue weighted by molar-refractivity contribution is 5.23. The molecule has 2 unspecified atom stereocenters. The quantitative estimate of drug-likeness (QED) is 0.843. The van der Waals surface area contributed by atoms with E-state index >= 15 is 0 Å². The highest BCUT2D eigenvalue weighted by Gasteiger charge is 2.44. The predicted octanol–water partition coefficient (Wildman–Crippen LogP) is 2.01. The molecule has 0 bridgehead atoms. The summed E-state index contributed by atoms with van der Waals surface area (Å²) in [6.07, 6.45) is 3.77. The summed E-state index contributed by atoms with van der Waals surface area (Å²) in [6, 6.07) is 3.58. The van der Waals surface area contributed by atoms with Crippen LogP contribution in [-0.2, 0) is 4.74 Å². The van der Waals surface area contributed by atoms with E-state index in [1.165, 1.54) is 12.5 Å². The molecule has 2 aliphatic rings. The number of rotatable bonds is 6. The topological polar surface area (TPSA) is 50.7 Å². The Hall–Kier alpha value is -1.24. The van der Waals surface area contributed by atoms with E-state index in [9.17, 15) is 13.9 Å². The fourth-order valence-electron chi connectivity index (χ4n) is 3.02. The number of ether oxygens (including phenoxy) is 2. The van der Waals surface area contributed by atoms with Crippen LogP contribution in [0.5, 0.6) is 5.75 Å². The van der Waals surface area contributed by atoms with Gasteiger partial charge in [-0.25, -0.2) is 8.78 Å². The van der Waals surface area contributed by atoms with Crippen molar-refractivity contribution >= 4 is 0 Å². The Morgan fingerprint density at radius 1 is 1.36 bits per heavy atom. The SMILES string of the molecule is OC(CNC1COC2(CCC2)C1)COc1ccc(F)c(F)c1. The zero-order valence-electron chi connectivity index (χ0n) is 12.4. The lowest BCUT2D eigenvalue weighted by molar-refractivity contribution is -0.0563. The van der Waals surface area contributed by atoms with E-state index in [2.05, 4.69) is 5.32 Å². The molecule has 1 spiro atoms. The molecule has 0 aromatic heterocycles. The summed E-state index contributed by atoms with van der Waals surface area (Å²) in [6.45, 7) is 1.08. The minimum Gasteiger partial charge on any atom is -0.491 e. The highest BCUT2D eigenvalue weighted by Crippen LogP contribution is 2.43.